The molecule has 23 heavy (non-hydrogen) atoms. The summed E-state index contributed by atoms with van der Waals surface area (Å²) in [5.74, 6) is -0.499. The topological polar surface area (TPSA) is 54.9 Å². The number of thiazole rings is 1. The first-order valence-electron chi connectivity index (χ1n) is 7.07. The highest BCUT2D eigenvalue weighted by Crippen LogP contribution is 2.22. The van der Waals surface area contributed by atoms with Gasteiger partial charge in [0.05, 0.1) is 12.1 Å². The molecule has 116 valence electrons. The van der Waals surface area contributed by atoms with Gasteiger partial charge in [0.15, 0.2) is 0 Å². The van der Waals surface area contributed by atoms with E-state index in [1.807, 2.05) is 17.5 Å². The predicted molar refractivity (Wildman–Crippen MR) is 87.3 cm³/mol. The largest absolute Gasteiger partial charge is 0.352 e. The lowest BCUT2D eigenvalue weighted by molar-refractivity contribution is -0.120. The smallest absolute Gasteiger partial charge is 0.226 e. The number of benzene rings is 1. The molecule has 1 aromatic carbocycles. The number of carbonyl (C=O) groups excluding carboxylic acids is 1. The molecule has 4 nitrogen and oxygen atoms in total. The number of rotatable bonds is 5. The highest BCUT2D eigenvalue weighted by Gasteiger charge is 2.09. The van der Waals surface area contributed by atoms with Crippen LogP contribution in [-0.2, 0) is 17.8 Å². The summed E-state index contributed by atoms with van der Waals surface area (Å²) >= 11 is 1.48. The highest BCUT2D eigenvalue weighted by molar-refractivity contribution is 7.13. The SMILES string of the molecule is O=C(Cc1csc(-c2ccncc2)n1)NCc1ccccc1F. The molecular formula is C17H14FN3OS. The summed E-state index contributed by atoms with van der Waals surface area (Å²) in [7, 11) is 0. The Balaban J connectivity index is 1.58. The van der Waals surface area contributed by atoms with Gasteiger partial charge in [0.1, 0.15) is 10.8 Å². The minimum atomic E-state index is -0.318. The monoisotopic (exact) mass is 327 g/mol. The van der Waals surface area contributed by atoms with Gasteiger partial charge in [-0.1, -0.05) is 18.2 Å². The van der Waals surface area contributed by atoms with E-state index in [1.165, 1.54) is 17.4 Å². The van der Waals surface area contributed by atoms with E-state index in [1.54, 1.807) is 30.6 Å². The van der Waals surface area contributed by atoms with Crippen molar-refractivity contribution in [3.05, 3.63) is 71.2 Å². The summed E-state index contributed by atoms with van der Waals surface area (Å²) in [6.45, 7) is 0.173. The standard InChI is InChI=1S/C17H14FN3OS/c18-15-4-2-1-3-13(15)10-20-16(22)9-14-11-23-17(21-14)12-5-7-19-8-6-12/h1-8,11H,9-10H2,(H,20,22). The van der Waals surface area contributed by atoms with E-state index < -0.39 is 0 Å². The predicted octanol–water partition coefficient (Wildman–Crippen LogP) is 3.20. The summed E-state index contributed by atoms with van der Waals surface area (Å²) in [6, 6.07) is 10.1. The molecule has 1 N–H and O–H groups in total. The van der Waals surface area contributed by atoms with Crippen LogP contribution < -0.4 is 5.32 Å². The van der Waals surface area contributed by atoms with Crippen molar-refractivity contribution < 1.29 is 9.18 Å². The molecule has 1 amide bonds. The zero-order chi connectivity index (χ0) is 16.1. The lowest BCUT2D eigenvalue weighted by atomic mass is 10.2. The highest BCUT2D eigenvalue weighted by atomic mass is 32.1. The molecule has 3 aromatic rings. The number of pyridine rings is 1. The third-order valence-corrected chi connectivity index (χ3v) is 4.19. The average molecular weight is 327 g/mol. The van der Waals surface area contributed by atoms with Crippen molar-refractivity contribution in [2.75, 3.05) is 0 Å². The fraction of sp³-hybridized carbons (Fsp3) is 0.118. The van der Waals surface area contributed by atoms with Gasteiger partial charge in [0.25, 0.3) is 0 Å². The minimum Gasteiger partial charge on any atom is -0.352 e. The van der Waals surface area contributed by atoms with Gasteiger partial charge in [-0.05, 0) is 18.2 Å². The van der Waals surface area contributed by atoms with Gasteiger partial charge in [0, 0.05) is 35.4 Å². The molecule has 3 rings (SSSR count). The molecule has 0 aliphatic carbocycles. The van der Waals surface area contributed by atoms with Crippen molar-refractivity contribution in [2.45, 2.75) is 13.0 Å². The van der Waals surface area contributed by atoms with Crippen molar-refractivity contribution >= 4 is 17.2 Å². The summed E-state index contributed by atoms with van der Waals surface area (Å²) in [6.07, 6.45) is 3.59. The molecule has 0 spiro atoms. The van der Waals surface area contributed by atoms with Gasteiger partial charge in [-0.2, -0.15) is 0 Å². The Labute approximate surface area is 137 Å². The first-order valence-corrected chi connectivity index (χ1v) is 7.95. The third-order valence-electron chi connectivity index (χ3n) is 3.25. The van der Waals surface area contributed by atoms with Crippen molar-refractivity contribution in [1.82, 2.24) is 15.3 Å². The molecule has 6 heteroatoms. The first kappa shape index (κ1) is 15.3. The number of halogens is 1. The molecule has 2 heterocycles. The fourth-order valence-electron chi connectivity index (χ4n) is 2.08. The quantitative estimate of drug-likeness (QED) is 0.783. The number of hydrogen-bond donors (Lipinski definition) is 1. The molecule has 0 radical (unpaired) electrons. The van der Waals surface area contributed by atoms with E-state index in [4.69, 9.17) is 0 Å². The fourth-order valence-corrected chi connectivity index (χ4v) is 2.90. The Morgan fingerprint density at radius 3 is 2.74 bits per heavy atom. The van der Waals surface area contributed by atoms with Crippen LogP contribution in [0.15, 0.2) is 54.2 Å². The zero-order valence-corrected chi connectivity index (χ0v) is 13.0. The number of nitrogens with zero attached hydrogens (tertiary/aromatic N) is 2. The van der Waals surface area contributed by atoms with E-state index in [-0.39, 0.29) is 24.7 Å². The molecule has 2 aromatic heterocycles. The molecule has 0 aliphatic rings. The van der Waals surface area contributed by atoms with Gasteiger partial charge < -0.3 is 5.32 Å². The number of carbonyl (C=O) groups is 1. The van der Waals surface area contributed by atoms with E-state index in [9.17, 15) is 9.18 Å². The third kappa shape index (κ3) is 3.98. The van der Waals surface area contributed by atoms with Gasteiger partial charge in [-0.15, -0.1) is 11.3 Å². The van der Waals surface area contributed by atoms with Crippen molar-refractivity contribution in [2.24, 2.45) is 0 Å². The van der Waals surface area contributed by atoms with Crippen LogP contribution in [0, 0.1) is 5.82 Å². The van der Waals surface area contributed by atoms with Crippen LogP contribution in [0.4, 0.5) is 4.39 Å². The number of nitrogens with one attached hydrogen (secondary N) is 1. The molecule has 0 fully saturated rings. The van der Waals surface area contributed by atoms with Crippen LogP contribution in [-0.4, -0.2) is 15.9 Å². The average Bonchev–Trinajstić information content (AvgIpc) is 3.03. The maximum atomic E-state index is 13.5. The van der Waals surface area contributed by atoms with Gasteiger partial charge in [0.2, 0.25) is 5.91 Å². The van der Waals surface area contributed by atoms with E-state index in [0.717, 1.165) is 10.6 Å². The van der Waals surface area contributed by atoms with Crippen LogP contribution in [0.1, 0.15) is 11.3 Å². The molecule has 0 atom stereocenters. The maximum absolute atomic E-state index is 13.5. The molecule has 0 aliphatic heterocycles. The van der Waals surface area contributed by atoms with Gasteiger partial charge in [-0.25, -0.2) is 9.37 Å². The van der Waals surface area contributed by atoms with Gasteiger partial charge >= 0.3 is 0 Å². The molecule has 0 saturated heterocycles. The Bertz CT molecular complexity index is 804. The van der Waals surface area contributed by atoms with Crippen LogP contribution in [0.3, 0.4) is 0 Å². The van der Waals surface area contributed by atoms with E-state index >= 15 is 0 Å². The molecule has 0 bridgehead atoms. The van der Waals surface area contributed by atoms with Crippen LogP contribution in [0.2, 0.25) is 0 Å². The van der Waals surface area contributed by atoms with Crippen LogP contribution in [0.5, 0.6) is 0 Å². The second kappa shape index (κ2) is 7.11. The van der Waals surface area contributed by atoms with Crippen LogP contribution >= 0.6 is 11.3 Å². The van der Waals surface area contributed by atoms with Crippen molar-refractivity contribution in [3.63, 3.8) is 0 Å². The van der Waals surface area contributed by atoms with E-state index in [2.05, 4.69) is 15.3 Å². The summed E-state index contributed by atoms with van der Waals surface area (Å²) in [5.41, 5.74) is 2.15. The normalized spacial score (nSPS) is 10.5. The number of amides is 1. The summed E-state index contributed by atoms with van der Waals surface area (Å²) < 4.78 is 13.5. The second-order valence-electron chi connectivity index (χ2n) is 4.92. The lowest BCUT2D eigenvalue weighted by Gasteiger charge is -2.05. The van der Waals surface area contributed by atoms with Gasteiger partial charge in [-0.3, -0.25) is 9.78 Å². The number of aromatic nitrogens is 2. The Hall–Kier alpha value is -2.60. The Kier molecular flexibility index (Phi) is 4.73. The van der Waals surface area contributed by atoms with Crippen molar-refractivity contribution in [3.8, 4) is 10.6 Å². The van der Waals surface area contributed by atoms with Crippen molar-refractivity contribution in [1.29, 1.82) is 0 Å². The Morgan fingerprint density at radius 2 is 1.96 bits per heavy atom. The molecule has 0 unspecified atom stereocenters. The Morgan fingerprint density at radius 1 is 1.17 bits per heavy atom. The first-order chi connectivity index (χ1) is 11.2. The summed E-state index contributed by atoms with van der Waals surface area (Å²) in [5, 5.41) is 5.42. The summed E-state index contributed by atoms with van der Waals surface area (Å²) in [4.78, 5) is 20.4. The molecular weight excluding hydrogens is 313 g/mol. The molecule has 0 saturated carbocycles. The van der Waals surface area contributed by atoms with Crippen LogP contribution in [0.25, 0.3) is 10.6 Å². The number of hydrogen-bond acceptors (Lipinski definition) is 4. The zero-order valence-electron chi connectivity index (χ0n) is 12.2. The minimum absolute atomic E-state index is 0.173. The maximum Gasteiger partial charge on any atom is 0.226 e. The lowest BCUT2D eigenvalue weighted by Crippen LogP contribution is -2.25. The second-order valence-corrected chi connectivity index (χ2v) is 5.78. The van der Waals surface area contributed by atoms with E-state index in [0.29, 0.717) is 11.3 Å².